The Bertz CT molecular complexity index is 137. The van der Waals surface area contributed by atoms with E-state index < -0.39 is 0 Å². The first kappa shape index (κ1) is 15.2. The Hall–Kier alpha value is 0.230. The van der Waals surface area contributed by atoms with E-state index in [1.165, 1.54) is 0 Å². The van der Waals surface area contributed by atoms with Gasteiger partial charge in [0.15, 0.2) is 0 Å². The van der Waals surface area contributed by atoms with Gasteiger partial charge in [0.1, 0.15) is 0 Å². The molecule has 0 aromatic heterocycles. The van der Waals surface area contributed by atoms with Gasteiger partial charge in [0, 0.05) is 26.4 Å². The molecule has 0 atom stereocenters. The van der Waals surface area contributed by atoms with Gasteiger partial charge >= 0.3 is 0 Å². The maximum Gasteiger partial charge on any atom is 0.0514 e. The predicted molar refractivity (Wildman–Crippen MR) is 67.3 cm³/mol. The van der Waals surface area contributed by atoms with Crippen molar-refractivity contribution in [2.75, 3.05) is 33.0 Å². The largest absolute Gasteiger partial charge is 0.381 e. The molecule has 0 aromatic carbocycles. The Kier molecular flexibility index (Phi) is 9.60. The topological polar surface area (TPSA) is 30.5 Å². The van der Waals surface area contributed by atoms with E-state index in [0.29, 0.717) is 0 Å². The number of nitrogens with one attached hydrogen (secondary N) is 1. The van der Waals surface area contributed by atoms with Crippen LogP contribution in [0, 0.1) is 5.41 Å². The SMILES string of the molecule is CC(C)(C)COCCCOCCCNS. The van der Waals surface area contributed by atoms with Crippen LogP contribution in [0.3, 0.4) is 0 Å². The average molecular weight is 235 g/mol. The summed E-state index contributed by atoms with van der Waals surface area (Å²) in [7, 11) is 0. The zero-order valence-corrected chi connectivity index (χ0v) is 11.1. The summed E-state index contributed by atoms with van der Waals surface area (Å²) in [5.41, 5.74) is 0.263. The van der Waals surface area contributed by atoms with Gasteiger partial charge in [-0.3, -0.25) is 4.72 Å². The lowest BCUT2D eigenvalue weighted by Gasteiger charge is -2.17. The van der Waals surface area contributed by atoms with E-state index >= 15 is 0 Å². The van der Waals surface area contributed by atoms with Crippen LogP contribution >= 0.6 is 12.8 Å². The molecule has 0 amide bonds. The zero-order chi connectivity index (χ0) is 11.6. The van der Waals surface area contributed by atoms with E-state index in [1.54, 1.807) is 0 Å². The number of ether oxygens (including phenoxy) is 2. The third-order valence-corrected chi connectivity index (χ3v) is 1.91. The average Bonchev–Trinajstić information content (AvgIpc) is 2.14. The van der Waals surface area contributed by atoms with Gasteiger partial charge in [-0.05, 0) is 18.3 Å². The van der Waals surface area contributed by atoms with Gasteiger partial charge in [-0.2, -0.15) is 0 Å². The number of hydrogen-bond donors (Lipinski definition) is 2. The second-order valence-corrected chi connectivity index (χ2v) is 5.16. The van der Waals surface area contributed by atoms with Crippen molar-refractivity contribution in [3.63, 3.8) is 0 Å². The first-order valence-corrected chi connectivity index (χ1v) is 6.03. The highest BCUT2D eigenvalue weighted by Gasteiger charge is 2.09. The highest BCUT2D eigenvalue weighted by molar-refractivity contribution is 7.78. The molecule has 0 unspecified atom stereocenters. The minimum absolute atomic E-state index is 0.263. The molecule has 0 aromatic rings. The molecular weight excluding hydrogens is 210 g/mol. The highest BCUT2D eigenvalue weighted by atomic mass is 32.1. The first-order chi connectivity index (χ1) is 7.06. The monoisotopic (exact) mass is 235 g/mol. The smallest absolute Gasteiger partial charge is 0.0514 e. The van der Waals surface area contributed by atoms with Crippen LogP contribution in [-0.2, 0) is 9.47 Å². The van der Waals surface area contributed by atoms with Crippen LogP contribution in [0.5, 0.6) is 0 Å². The first-order valence-electron chi connectivity index (χ1n) is 5.59. The number of thiol groups is 1. The maximum absolute atomic E-state index is 5.52. The summed E-state index contributed by atoms with van der Waals surface area (Å²) >= 11 is 3.89. The Morgan fingerprint density at radius 3 is 2.20 bits per heavy atom. The quantitative estimate of drug-likeness (QED) is 0.475. The van der Waals surface area contributed by atoms with Crippen LogP contribution in [0.15, 0.2) is 0 Å². The van der Waals surface area contributed by atoms with Gasteiger partial charge in [0.05, 0.1) is 6.61 Å². The fourth-order valence-corrected chi connectivity index (χ4v) is 1.15. The molecule has 4 heteroatoms. The van der Waals surface area contributed by atoms with Crippen molar-refractivity contribution in [3.05, 3.63) is 0 Å². The van der Waals surface area contributed by atoms with Gasteiger partial charge in [-0.1, -0.05) is 33.6 Å². The van der Waals surface area contributed by atoms with Crippen molar-refractivity contribution in [3.8, 4) is 0 Å². The van der Waals surface area contributed by atoms with E-state index in [-0.39, 0.29) is 5.41 Å². The number of hydrogen-bond acceptors (Lipinski definition) is 4. The van der Waals surface area contributed by atoms with E-state index in [9.17, 15) is 0 Å². The second-order valence-electron chi connectivity index (χ2n) is 4.84. The van der Waals surface area contributed by atoms with E-state index in [0.717, 1.165) is 45.8 Å². The van der Waals surface area contributed by atoms with Crippen molar-refractivity contribution < 1.29 is 9.47 Å². The van der Waals surface area contributed by atoms with E-state index in [4.69, 9.17) is 9.47 Å². The Morgan fingerprint density at radius 2 is 1.60 bits per heavy atom. The molecule has 1 N–H and O–H groups in total. The van der Waals surface area contributed by atoms with Crippen molar-refractivity contribution in [2.45, 2.75) is 33.6 Å². The van der Waals surface area contributed by atoms with Crippen LogP contribution in [0.25, 0.3) is 0 Å². The van der Waals surface area contributed by atoms with Gasteiger partial charge in [0.2, 0.25) is 0 Å². The summed E-state index contributed by atoms with van der Waals surface area (Å²) in [6.45, 7) is 10.6. The van der Waals surface area contributed by atoms with Crippen LogP contribution in [0.2, 0.25) is 0 Å². The molecule has 0 saturated heterocycles. The predicted octanol–water partition coefficient (Wildman–Crippen LogP) is 2.28. The molecule has 0 fully saturated rings. The van der Waals surface area contributed by atoms with E-state index in [2.05, 4.69) is 38.3 Å². The van der Waals surface area contributed by atoms with E-state index in [1.807, 2.05) is 0 Å². The minimum atomic E-state index is 0.263. The molecule has 0 saturated carbocycles. The molecule has 0 radical (unpaired) electrons. The lowest BCUT2D eigenvalue weighted by atomic mass is 9.99. The molecule has 0 aliphatic rings. The number of rotatable bonds is 9. The normalized spacial score (nSPS) is 12.0. The molecular formula is C11H25NO2S. The van der Waals surface area contributed by atoms with Crippen molar-refractivity contribution >= 4 is 12.8 Å². The summed E-state index contributed by atoms with van der Waals surface area (Å²) in [5, 5.41) is 0. The lowest BCUT2D eigenvalue weighted by molar-refractivity contribution is 0.0482. The van der Waals surface area contributed by atoms with Gasteiger partial charge < -0.3 is 9.47 Å². The summed E-state index contributed by atoms with van der Waals surface area (Å²) in [6, 6.07) is 0. The van der Waals surface area contributed by atoms with Crippen molar-refractivity contribution in [1.82, 2.24) is 4.72 Å². The zero-order valence-electron chi connectivity index (χ0n) is 10.2. The van der Waals surface area contributed by atoms with Crippen LogP contribution in [0.4, 0.5) is 0 Å². The summed E-state index contributed by atoms with van der Waals surface area (Å²) in [6.07, 6.45) is 1.98. The van der Waals surface area contributed by atoms with Gasteiger partial charge in [-0.25, -0.2) is 0 Å². The summed E-state index contributed by atoms with van der Waals surface area (Å²) in [5.74, 6) is 0. The third-order valence-electron chi connectivity index (χ3n) is 1.69. The molecule has 0 aliphatic heterocycles. The highest BCUT2D eigenvalue weighted by Crippen LogP contribution is 2.12. The molecule has 3 nitrogen and oxygen atoms in total. The Balaban J connectivity index is 2.99. The molecule has 15 heavy (non-hydrogen) atoms. The molecule has 0 heterocycles. The van der Waals surface area contributed by atoms with Crippen LogP contribution in [0.1, 0.15) is 33.6 Å². The van der Waals surface area contributed by atoms with Gasteiger partial charge in [-0.15, -0.1) is 0 Å². The molecule has 0 spiro atoms. The molecule has 0 bridgehead atoms. The molecule has 0 aliphatic carbocycles. The third kappa shape index (κ3) is 14.2. The van der Waals surface area contributed by atoms with Crippen molar-refractivity contribution in [2.24, 2.45) is 5.41 Å². The van der Waals surface area contributed by atoms with Crippen LogP contribution < -0.4 is 4.72 Å². The summed E-state index contributed by atoms with van der Waals surface area (Å²) < 4.78 is 13.7. The Labute approximate surface area is 99.5 Å². The van der Waals surface area contributed by atoms with Crippen molar-refractivity contribution in [1.29, 1.82) is 0 Å². The molecule has 92 valence electrons. The minimum Gasteiger partial charge on any atom is -0.381 e. The van der Waals surface area contributed by atoms with Gasteiger partial charge in [0.25, 0.3) is 0 Å². The second kappa shape index (κ2) is 9.46. The Morgan fingerprint density at radius 1 is 1.00 bits per heavy atom. The van der Waals surface area contributed by atoms with Crippen LogP contribution in [-0.4, -0.2) is 33.0 Å². The maximum atomic E-state index is 5.52. The fraction of sp³-hybridized carbons (Fsp3) is 1.00. The standard InChI is InChI=1S/C11H25NO2S/c1-11(2,3)10-14-9-5-8-13-7-4-6-12-15/h12,15H,4-10H2,1-3H3. The fourth-order valence-electron chi connectivity index (χ4n) is 0.997. The lowest BCUT2D eigenvalue weighted by Crippen LogP contribution is -2.15. The summed E-state index contributed by atoms with van der Waals surface area (Å²) in [4.78, 5) is 0. The molecule has 0 rings (SSSR count).